The van der Waals surface area contributed by atoms with Crippen LogP contribution in [0.2, 0.25) is 0 Å². The molecule has 21 heavy (non-hydrogen) atoms. The van der Waals surface area contributed by atoms with E-state index in [4.69, 9.17) is 4.74 Å². The van der Waals surface area contributed by atoms with E-state index in [1.165, 1.54) is 0 Å². The quantitative estimate of drug-likeness (QED) is 0.906. The van der Waals surface area contributed by atoms with E-state index in [0.29, 0.717) is 11.3 Å². The molecule has 2 rings (SSSR count). The molecule has 1 amide bonds. The van der Waals surface area contributed by atoms with Crippen LogP contribution in [-0.2, 0) is 0 Å². The van der Waals surface area contributed by atoms with E-state index < -0.39 is 0 Å². The Balaban J connectivity index is 2.34. The normalized spacial score (nSPS) is 10.3. The van der Waals surface area contributed by atoms with Crippen LogP contribution in [0.4, 0.5) is 5.69 Å². The molecule has 0 aliphatic carbocycles. The highest BCUT2D eigenvalue weighted by molar-refractivity contribution is 6.06. The van der Waals surface area contributed by atoms with Crippen LogP contribution in [0, 0.1) is 20.8 Å². The van der Waals surface area contributed by atoms with Crippen LogP contribution in [0.1, 0.15) is 27.0 Å². The van der Waals surface area contributed by atoms with Gasteiger partial charge in [0.25, 0.3) is 5.91 Å². The van der Waals surface area contributed by atoms with Crippen LogP contribution in [0.25, 0.3) is 0 Å². The summed E-state index contributed by atoms with van der Waals surface area (Å²) in [5, 5.41) is 12.8. The van der Waals surface area contributed by atoms with Crippen molar-refractivity contribution in [3.05, 3.63) is 52.6 Å². The first-order chi connectivity index (χ1) is 9.95. The Morgan fingerprint density at radius 2 is 1.81 bits per heavy atom. The molecule has 0 atom stereocenters. The maximum atomic E-state index is 12.3. The first-order valence-corrected chi connectivity index (χ1v) is 6.69. The van der Waals surface area contributed by atoms with Crippen LogP contribution < -0.4 is 10.1 Å². The van der Waals surface area contributed by atoms with E-state index in [0.717, 1.165) is 16.9 Å². The number of anilines is 1. The zero-order valence-corrected chi connectivity index (χ0v) is 12.7. The molecule has 0 saturated carbocycles. The van der Waals surface area contributed by atoms with Gasteiger partial charge in [0.05, 0.1) is 12.7 Å². The van der Waals surface area contributed by atoms with Crippen LogP contribution in [0.3, 0.4) is 0 Å². The van der Waals surface area contributed by atoms with Gasteiger partial charge in [-0.1, -0.05) is 18.2 Å². The van der Waals surface area contributed by atoms with Crippen molar-refractivity contribution in [1.29, 1.82) is 0 Å². The minimum atomic E-state index is -0.342. The third-order valence-corrected chi connectivity index (χ3v) is 3.54. The number of hydrogen-bond acceptors (Lipinski definition) is 3. The highest BCUT2D eigenvalue weighted by Gasteiger charge is 2.15. The molecule has 0 unspecified atom stereocenters. The summed E-state index contributed by atoms with van der Waals surface area (Å²) in [6.45, 7) is 5.59. The topological polar surface area (TPSA) is 58.6 Å². The molecule has 4 heteroatoms. The molecule has 2 aromatic carbocycles. The molecule has 0 aliphatic heterocycles. The van der Waals surface area contributed by atoms with Crippen molar-refractivity contribution in [3.8, 4) is 11.5 Å². The summed E-state index contributed by atoms with van der Waals surface area (Å²) in [5.41, 5.74) is 3.46. The smallest absolute Gasteiger partial charge is 0.259 e. The number of para-hydroxylation sites is 1. The number of phenolic OH excluding ortho intramolecular Hbond substituents is 1. The lowest BCUT2D eigenvalue weighted by atomic mass is 10.1. The summed E-state index contributed by atoms with van der Waals surface area (Å²) in [6.07, 6.45) is 0. The van der Waals surface area contributed by atoms with Gasteiger partial charge in [-0.3, -0.25) is 4.79 Å². The Kier molecular flexibility index (Phi) is 4.17. The van der Waals surface area contributed by atoms with Crippen molar-refractivity contribution < 1.29 is 14.6 Å². The highest BCUT2D eigenvalue weighted by atomic mass is 16.5. The largest absolute Gasteiger partial charge is 0.507 e. The first-order valence-electron chi connectivity index (χ1n) is 6.69. The maximum absolute atomic E-state index is 12.3. The molecule has 0 fully saturated rings. The van der Waals surface area contributed by atoms with E-state index in [9.17, 15) is 9.90 Å². The fourth-order valence-corrected chi connectivity index (χ4v) is 2.31. The third-order valence-electron chi connectivity index (χ3n) is 3.54. The minimum Gasteiger partial charge on any atom is -0.507 e. The van der Waals surface area contributed by atoms with Gasteiger partial charge < -0.3 is 15.2 Å². The summed E-state index contributed by atoms with van der Waals surface area (Å²) in [4.78, 5) is 12.3. The summed E-state index contributed by atoms with van der Waals surface area (Å²) >= 11 is 0. The van der Waals surface area contributed by atoms with Crippen LogP contribution in [0.5, 0.6) is 11.5 Å². The number of ether oxygens (including phenoxy) is 1. The van der Waals surface area contributed by atoms with E-state index in [2.05, 4.69) is 5.32 Å². The Morgan fingerprint density at radius 3 is 2.48 bits per heavy atom. The average Bonchev–Trinajstić information content (AvgIpc) is 2.45. The lowest BCUT2D eigenvalue weighted by Crippen LogP contribution is -2.13. The molecule has 0 bridgehead atoms. The Bertz CT molecular complexity index is 693. The summed E-state index contributed by atoms with van der Waals surface area (Å²) in [6, 6.07) is 8.81. The predicted octanol–water partition coefficient (Wildman–Crippen LogP) is 3.58. The van der Waals surface area contributed by atoms with Crippen molar-refractivity contribution in [3.63, 3.8) is 0 Å². The van der Waals surface area contributed by atoms with Gasteiger partial charge in [-0.25, -0.2) is 0 Å². The Hall–Kier alpha value is -2.49. The number of carbonyl (C=O) groups excluding carboxylic acids is 1. The number of hydrogen-bond donors (Lipinski definition) is 2. The van der Waals surface area contributed by atoms with Crippen molar-refractivity contribution in [2.24, 2.45) is 0 Å². The number of methoxy groups -OCH3 is 1. The van der Waals surface area contributed by atoms with E-state index >= 15 is 0 Å². The predicted molar refractivity (Wildman–Crippen MR) is 83.3 cm³/mol. The van der Waals surface area contributed by atoms with Crippen molar-refractivity contribution in [2.75, 3.05) is 12.4 Å². The first kappa shape index (κ1) is 14.9. The molecule has 4 nitrogen and oxygen atoms in total. The fourth-order valence-electron chi connectivity index (χ4n) is 2.31. The van der Waals surface area contributed by atoms with Crippen LogP contribution in [0.15, 0.2) is 30.3 Å². The Labute approximate surface area is 124 Å². The summed E-state index contributed by atoms with van der Waals surface area (Å²) in [5.74, 6) is 0.415. The number of benzene rings is 2. The van der Waals surface area contributed by atoms with Gasteiger partial charge in [0.15, 0.2) is 0 Å². The number of phenols is 1. The molecule has 0 radical (unpaired) electrons. The molecule has 0 heterocycles. The number of aromatic hydroxyl groups is 1. The van der Waals surface area contributed by atoms with Gasteiger partial charge in [-0.15, -0.1) is 0 Å². The van der Waals surface area contributed by atoms with Crippen molar-refractivity contribution in [2.45, 2.75) is 20.8 Å². The standard InChI is InChI=1S/C17H19NO3/c1-10-6-5-7-13(15(10)19)17(20)18-14-9-8-11(2)16(21-4)12(14)3/h5-9,19H,1-4H3,(H,18,20). The van der Waals surface area contributed by atoms with Crippen LogP contribution >= 0.6 is 0 Å². The number of carbonyl (C=O) groups is 1. The second kappa shape index (κ2) is 5.87. The second-order valence-electron chi connectivity index (χ2n) is 5.01. The van der Waals surface area contributed by atoms with Gasteiger partial charge in [0, 0.05) is 11.3 Å². The molecular formula is C17H19NO3. The van der Waals surface area contributed by atoms with E-state index in [1.54, 1.807) is 32.2 Å². The van der Waals surface area contributed by atoms with Gasteiger partial charge >= 0.3 is 0 Å². The number of rotatable bonds is 3. The molecule has 0 spiro atoms. The Morgan fingerprint density at radius 1 is 1.10 bits per heavy atom. The lowest BCUT2D eigenvalue weighted by molar-refractivity contribution is 0.102. The second-order valence-corrected chi connectivity index (χ2v) is 5.01. The zero-order valence-electron chi connectivity index (χ0n) is 12.7. The third kappa shape index (κ3) is 2.84. The lowest BCUT2D eigenvalue weighted by Gasteiger charge is -2.14. The van der Waals surface area contributed by atoms with Gasteiger partial charge in [-0.2, -0.15) is 0 Å². The van der Waals surface area contributed by atoms with Gasteiger partial charge in [0.1, 0.15) is 11.5 Å². The van der Waals surface area contributed by atoms with Crippen molar-refractivity contribution >= 4 is 11.6 Å². The highest BCUT2D eigenvalue weighted by Crippen LogP contribution is 2.30. The molecular weight excluding hydrogens is 266 g/mol. The number of amides is 1. The van der Waals surface area contributed by atoms with Gasteiger partial charge in [0.2, 0.25) is 0 Å². The summed E-state index contributed by atoms with van der Waals surface area (Å²) < 4.78 is 5.35. The molecule has 0 saturated heterocycles. The maximum Gasteiger partial charge on any atom is 0.259 e. The molecule has 2 aromatic rings. The van der Waals surface area contributed by atoms with E-state index in [1.807, 2.05) is 26.0 Å². The average molecular weight is 285 g/mol. The van der Waals surface area contributed by atoms with E-state index in [-0.39, 0.29) is 17.2 Å². The summed E-state index contributed by atoms with van der Waals surface area (Å²) in [7, 11) is 1.60. The molecule has 0 aliphatic rings. The molecule has 110 valence electrons. The minimum absolute atomic E-state index is 0.00623. The zero-order chi connectivity index (χ0) is 15.6. The van der Waals surface area contributed by atoms with Crippen LogP contribution in [-0.4, -0.2) is 18.1 Å². The fraction of sp³-hybridized carbons (Fsp3) is 0.235. The number of nitrogens with one attached hydrogen (secondary N) is 1. The SMILES string of the molecule is COc1c(C)ccc(NC(=O)c2cccc(C)c2O)c1C. The number of aryl methyl sites for hydroxylation is 2. The molecule has 2 N–H and O–H groups in total. The van der Waals surface area contributed by atoms with Crippen molar-refractivity contribution in [1.82, 2.24) is 0 Å². The monoisotopic (exact) mass is 285 g/mol. The van der Waals surface area contributed by atoms with Gasteiger partial charge in [-0.05, 0) is 44.0 Å². The molecule has 0 aromatic heterocycles.